The van der Waals surface area contributed by atoms with Crippen LogP contribution in [0.25, 0.3) is 0 Å². The van der Waals surface area contributed by atoms with Gasteiger partial charge in [0.25, 0.3) is 0 Å². The Morgan fingerprint density at radius 3 is 1.76 bits per heavy atom. The number of carbonyl (C=O) groups is 5. The Kier molecular flexibility index (Phi) is 18.4. The monoisotopic (exact) mass is 736 g/mol. The summed E-state index contributed by atoms with van der Waals surface area (Å²) in [6, 6.07) is 29.8. The van der Waals surface area contributed by atoms with Crippen LogP contribution in [0, 0.1) is 0 Å². The van der Waals surface area contributed by atoms with Crippen molar-refractivity contribution in [2.24, 2.45) is 5.73 Å². The largest absolute Gasteiger partial charge is 0.469 e. The lowest BCUT2D eigenvalue weighted by atomic mass is 10.1. The van der Waals surface area contributed by atoms with Gasteiger partial charge in [-0.15, -0.1) is 0 Å². The van der Waals surface area contributed by atoms with Crippen molar-refractivity contribution >= 4 is 64.5 Å². The molecule has 2 amide bonds. The first-order valence-electron chi connectivity index (χ1n) is 17.4. The molecule has 3 aromatic rings. The quantitative estimate of drug-likeness (QED) is 0.0752. The SMILES string of the molecule is CCOC(=O)C(CCC(=O)NC(CSCCN)C(=O)CCC(=O)OC)NC(=O)CCCC[P+](c1ccccc1)(c1ccccc1)c1ccccc1. The molecule has 2 unspecified atom stereocenters. The summed E-state index contributed by atoms with van der Waals surface area (Å²) in [5.74, 6) is -1.29. The van der Waals surface area contributed by atoms with E-state index in [-0.39, 0.29) is 50.4 Å². The number of thioether (sulfide) groups is 1. The van der Waals surface area contributed by atoms with Crippen molar-refractivity contribution < 1.29 is 33.4 Å². The van der Waals surface area contributed by atoms with Crippen molar-refractivity contribution in [1.29, 1.82) is 0 Å². The number of hydrogen-bond acceptors (Lipinski definition) is 9. The summed E-state index contributed by atoms with van der Waals surface area (Å²) < 4.78 is 9.83. The Morgan fingerprint density at radius 2 is 1.25 bits per heavy atom. The van der Waals surface area contributed by atoms with Crippen LogP contribution in [0.1, 0.15) is 51.9 Å². The number of esters is 2. The third-order valence-electron chi connectivity index (χ3n) is 8.38. The minimum absolute atomic E-state index is 0.0000835. The Morgan fingerprint density at radius 1 is 0.725 bits per heavy atom. The molecule has 0 fully saturated rings. The average Bonchev–Trinajstić information content (AvgIpc) is 3.16. The molecule has 2 atom stereocenters. The molecule has 12 heteroatoms. The third kappa shape index (κ3) is 13.2. The second-order valence-corrected chi connectivity index (χ2v) is 16.7. The van der Waals surface area contributed by atoms with Gasteiger partial charge < -0.3 is 25.8 Å². The molecular formula is C39H51N3O7PS+. The van der Waals surface area contributed by atoms with E-state index in [0.29, 0.717) is 24.5 Å². The van der Waals surface area contributed by atoms with Gasteiger partial charge in [0.2, 0.25) is 11.8 Å². The summed E-state index contributed by atoms with van der Waals surface area (Å²) in [5, 5.41) is 9.34. The Bertz CT molecular complexity index is 1430. The van der Waals surface area contributed by atoms with Gasteiger partial charge in [-0.3, -0.25) is 19.2 Å². The van der Waals surface area contributed by atoms with Crippen molar-refractivity contribution in [3.63, 3.8) is 0 Å². The van der Waals surface area contributed by atoms with Crippen LogP contribution >= 0.6 is 19.0 Å². The minimum Gasteiger partial charge on any atom is -0.469 e. The summed E-state index contributed by atoms with van der Waals surface area (Å²) in [5.41, 5.74) is 5.58. The molecule has 0 saturated carbocycles. The number of nitrogens with two attached hydrogens (primary N) is 1. The fraction of sp³-hybridized carbons (Fsp3) is 0.410. The smallest absolute Gasteiger partial charge is 0.328 e. The molecule has 51 heavy (non-hydrogen) atoms. The predicted molar refractivity (Wildman–Crippen MR) is 206 cm³/mol. The summed E-state index contributed by atoms with van der Waals surface area (Å²) >= 11 is 1.42. The van der Waals surface area contributed by atoms with Gasteiger partial charge in [-0.1, -0.05) is 54.6 Å². The average molecular weight is 737 g/mol. The number of carbonyl (C=O) groups excluding carboxylic acids is 5. The molecule has 274 valence electrons. The summed E-state index contributed by atoms with van der Waals surface area (Å²) in [6.07, 6.45) is 2.16. The van der Waals surface area contributed by atoms with E-state index < -0.39 is 37.2 Å². The van der Waals surface area contributed by atoms with Gasteiger partial charge in [0.15, 0.2) is 5.78 Å². The van der Waals surface area contributed by atoms with Gasteiger partial charge in [-0.25, -0.2) is 4.79 Å². The molecule has 3 aromatic carbocycles. The molecule has 3 rings (SSSR count). The predicted octanol–water partition coefficient (Wildman–Crippen LogP) is 3.68. The fourth-order valence-corrected chi connectivity index (χ4v) is 11.1. The molecule has 0 aliphatic rings. The van der Waals surface area contributed by atoms with E-state index in [1.807, 2.05) is 18.2 Å². The molecule has 0 bridgehead atoms. The standard InChI is InChI=1S/C39H50N3O7PS/c1-3-49-39(47)33(22-24-37(45)42-34(29-51-28-26-40)35(43)23-25-38(46)48-2)41-36(44)21-13-14-27-50(30-15-7-4-8-16-30,31-17-9-5-10-18-31)32-19-11-6-12-20-32/h4-12,15-20,33-34H,3,13-14,21-29,40H2,1-2H3,(H-,41,42,44,45)/p+1. The fourth-order valence-electron chi connectivity index (χ4n) is 5.82. The second-order valence-electron chi connectivity index (χ2n) is 11.9. The first-order chi connectivity index (χ1) is 24.7. The van der Waals surface area contributed by atoms with Crippen molar-refractivity contribution in [3.8, 4) is 0 Å². The Labute approximate surface area is 306 Å². The van der Waals surface area contributed by atoms with Crippen LogP contribution in [-0.4, -0.2) is 79.5 Å². The van der Waals surface area contributed by atoms with Crippen molar-refractivity contribution in [3.05, 3.63) is 91.0 Å². The van der Waals surface area contributed by atoms with Crippen LogP contribution in [0.15, 0.2) is 91.0 Å². The van der Waals surface area contributed by atoms with E-state index in [2.05, 4.69) is 88.2 Å². The van der Waals surface area contributed by atoms with Gasteiger partial charge in [-0.2, -0.15) is 11.8 Å². The number of nitrogens with one attached hydrogen (secondary N) is 2. The number of benzene rings is 3. The zero-order valence-electron chi connectivity index (χ0n) is 29.6. The molecular weight excluding hydrogens is 685 g/mol. The Hall–Kier alpha value is -4.05. The highest BCUT2D eigenvalue weighted by molar-refractivity contribution is 7.99. The summed E-state index contributed by atoms with van der Waals surface area (Å²) in [4.78, 5) is 63.3. The molecule has 0 radical (unpaired) electrons. The van der Waals surface area contributed by atoms with Gasteiger partial charge in [0.1, 0.15) is 29.2 Å². The normalized spacial score (nSPS) is 12.3. The molecule has 4 N–H and O–H groups in total. The molecule has 0 aliphatic heterocycles. The van der Waals surface area contributed by atoms with E-state index in [1.54, 1.807) is 6.92 Å². The van der Waals surface area contributed by atoms with Gasteiger partial charge >= 0.3 is 11.9 Å². The van der Waals surface area contributed by atoms with Crippen LogP contribution in [0.4, 0.5) is 0 Å². The third-order valence-corrected chi connectivity index (χ3v) is 14.0. The molecule has 0 aliphatic carbocycles. The highest BCUT2D eigenvalue weighted by Gasteiger charge is 2.44. The molecule has 0 saturated heterocycles. The lowest BCUT2D eigenvalue weighted by Gasteiger charge is -2.27. The van der Waals surface area contributed by atoms with Crippen LogP contribution in [0.5, 0.6) is 0 Å². The maximum atomic E-state index is 13.2. The number of methoxy groups -OCH3 is 1. The minimum atomic E-state index is -2.03. The van der Waals surface area contributed by atoms with Crippen molar-refractivity contribution in [1.82, 2.24) is 10.6 Å². The second kappa shape index (κ2) is 22.7. The van der Waals surface area contributed by atoms with Crippen molar-refractivity contribution in [2.45, 2.75) is 64.0 Å². The van der Waals surface area contributed by atoms with Crippen LogP contribution < -0.4 is 32.3 Å². The number of unbranched alkanes of at least 4 members (excludes halogenated alkanes) is 1. The number of amides is 2. The Balaban J connectivity index is 1.64. The summed E-state index contributed by atoms with van der Waals surface area (Å²) in [6.45, 7) is 2.21. The number of hydrogen-bond donors (Lipinski definition) is 3. The van der Waals surface area contributed by atoms with E-state index in [1.165, 1.54) is 34.8 Å². The first kappa shape index (κ1) is 41.4. The number of rotatable bonds is 23. The lowest BCUT2D eigenvalue weighted by Crippen LogP contribution is -2.45. The van der Waals surface area contributed by atoms with Crippen LogP contribution in [0.2, 0.25) is 0 Å². The maximum absolute atomic E-state index is 13.2. The molecule has 10 nitrogen and oxygen atoms in total. The van der Waals surface area contributed by atoms with E-state index in [0.717, 1.165) is 12.6 Å². The van der Waals surface area contributed by atoms with Gasteiger partial charge in [-0.05, 0) is 62.6 Å². The number of ketones is 1. The van der Waals surface area contributed by atoms with Crippen LogP contribution in [0.3, 0.4) is 0 Å². The molecule has 0 aromatic heterocycles. The highest BCUT2D eigenvalue weighted by atomic mass is 32.2. The molecule has 0 spiro atoms. The zero-order valence-corrected chi connectivity index (χ0v) is 31.3. The maximum Gasteiger partial charge on any atom is 0.328 e. The van der Waals surface area contributed by atoms with Gasteiger partial charge in [0.05, 0.1) is 32.3 Å². The van der Waals surface area contributed by atoms with Gasteiger partial charge in [0, 0.05) is 37.3 Å². The lowest BCUT2D eigenvalue weighted by molar-refractivity contribution is -0.147. The first-order valence-corrected chi connectivity index (χ1v) is 20.6. The highest BCUT2D eigenvalue weighted by Crippen LogP contribution is 2.55. The number of ether oxygens (including phenoxy) is 2. The summed E-state index contributed by atoms with van der Waals surface area (Å²) in [7, 11) is -0.784. The van der Waals surface area contributed by atoms with E-state index >= 15 is 0 Å². The van der Waals surface area contributed by atoms with E-state index in [9.17, 15) is 24.0 Å². The molecule has 0 heterocycles. The van der Waals surface area contributed by atoms with Crippen molar-refractivity contribution in [2.75, 3.05) is 37.9 Å². The van der Waals surface area contributed by atoms with E-state index in [4.69, 9.17) is 10.5 Å². The van der Waals surface area contributed by atoms with Crippen LogP contribution in [-0.2, 0) is 33.4 Å². The topological polar surface area (TPSA) is 154 Å². The number of Topliss-reactive ketones (excluding diaryl/α,β-unsaturated/α-hetero) is 1. The zero-order chi connectivity index (χ0) is 36.9.